The Morgan fingerprint density at radius 3 is 2.54 bits per heavy atom. The van der Waals surface area contributed by atoms with Crippen LogP contribution in [0.2, 0.25) is 0 Å². The zero-order valence-corrected chi connectivity index (χ0v) is 15.4. The second-order valence-electron chi connectivity index (χ2n) is 6.31. The summed E-state index contributed by atoms with van der Waals surface area (Å²) in [6, 6.07) is 13.8. The number of hydrogen-bond donors (Lipinski definition) is 0. The second kappa shape index (κ2) is 7.25. The van der Waals surface area contributed by atoms with Gasteiger partial charge >= 0.3 is 0 Å². The van der Waals surface area contributed by atoms with Crippen LogP contribution in [0.3, 0.4) is 0 Å². The summed E-state index contributed by atoms with van der Waals surface area (Å²) >= 11 is 1.69. The van der Waals surface area contributed by atoms with Crippen LogP contribution in [0.4, 0.5) is 5.82 Å². The number of thiophene rings is 1. The minimum Gasteiger partial charge on any atom is -0.353 e. The quantitative estimate of drug-likeness (QED) is 0.714. The molecule has 0 unspecified atom stereocenters. The van der Waals surface area contributed by atoms with Crippen molar-refractivity contribution in [1.29, 1.82) is 0 Å². The molecule has 6 heteroatoms. The molecule has 0 radical (unpaired) electrons. The Morgan fingerprint density at radius 1 is 1.00 bits per heavy atom. The number of carbonyl (C=O) groups is 1. The Bertz CT molecular complexity index is 901. The third kappa shape index (κ3) is 3.46. The van der Waals surface area contributed by atoms with Crippen molar-refractivity contribution < 1.29 is 4.79 Å². The minimum absolute atomic E-state index is 0.0719. The van der Waals surface area contributed by atoms with Crippen molar-refractivity contribution in [2.24, 2.45) is 0 Å². The molecule has 3 aromatic heterocycles. The lowest BCUT2D eigenvalue weighted by atomic mass is 10.1. The van der Waals surface area contributed by atoms with E-state index < -0.39 is 0 Å². The number of amides is 1. The van der Waals surface area contributed by atoms with Gasteiger partial charge < -0.3 is 9.80 Å². The first-order valence-electron chi connectivity index (χ1n) is 8.69. The highest BCUT2D eigenvalue weighted by molar-refractivity contribution is 7.15. The fraction of sp³-hybridized carbons (Fsp3) is 0.250. The van der Waals surface area contributed by atoms with E-state index in [-0.39, 0.29) is 5.91 Å². The lowest BCUT2D eigenvalue weighted by molar-refractivity contribution is 0.0746. The van der Waals surface area contributed by atoms with E-state index in [0.717, 1.165) is 29.5 Å². The molecular formula is C20H20N4OS. The minimum atomic E-state index is 0.0719. The number of rotatable bonds is 3. The molecule has 4 heterocycles. The van der Waals surface area contributed by atoms with Crippen molar-refractivity contribution in [2.75, 3.05) is 31.1 Å². The fourth-order valence-electron chi connectivity index (χ4n) is 3.13. The smallest absolute Gasteiger partial charge is 0.254 e. The first-order valence-corrected chi connectivity index (χ1v) is 9.50. The maximum Gasteiger partial charge on any atom is 0.254 e. The Morgan fingerprint density at radius 2 is 1.85 bits per heavy atom. The zero-order valence-electron chi connectivity index (χ0n) is 14.6. The molecule has 0 spiro atoms. The lowest BCUT2D eigenvalue weighted by Crippen LogP contribution is -2.49. The Balaban J connectivity index is 1.45. The van der Waals surface area contributed by atoms with Gasteiger partial charge in [0.05, 0.1) is 10.6 Å². The van der Waals surface area contributed by atoms with E-state index in [1.165, 1.54) is 4.88 Å². The van der Waals surface area contributed by atoms with Gasteiger partial charge in [-0.3, -0.25) is 9.78 Å². The Kier molecular flexibility index (Phi) is 4.67. The highest BCUT2D eigenvalue weighted by Crippen LogP contribution is 2.26. The molecule has 0 N–H and O–H groups in total. The normalized spacial score (nSPS) is 14.5. The van der Waals surface area contributed by atoms with Crippen LogP contribution in [0.5, 0.6) is 0 Å². The van der Waals surface area contributed by atoms with Crippen LogP contribution in [0.25, 0.3) is 10.6 Å². The van der Waals surface area contributed by atoms with Crippen LogP contribution < -0.4 is 4.90 Å². The predicted molar refractivity (Wildman–Crippen MR) is 105 cm³/mol. The molecule has 1 aliphatic heterocycles. The Labute approximate surface area is 156 Å². The maximum atomic E-state index is 12.9. The van der Waals surface area contributed by atoms with E-state index in [1.54, 1.807) is 29.8 Å². The van der Waals surface area contributed by atoms with Gasteiger partial charge in [0, 0.05) is 49.0 Å². The van der Waals surface area contributed by atoms with E-state index in [9.17, 15) is 4.79 Å². The molecule has 132 valence electrons. The third-order valence-electron chi connectivity index (χ3n) is 4.54. The summed E-state index contributed by atoms with van der Waals surface area (Å²) in [5.41, 5.74) is 1.56. The molecule has 0 aromatic carbocycles. The van der Waals surface area contributed by atoms with Gasteiger partial charge in [-0.05, 0) is 43.3 Å². The number of aromatic nitrogens is 2. The number of pyridine rings is 2. The van der Waals surface area contributed by atoms with Crippen molar-refractivity contribution >= 4 is 23.1 Å². The number of nitrogens with zero attached hydrogens (tertiary/aromatic N) is 4. The highest BCUT2D eigenvalue weighted by atomic mass is 32.1. The van der Waals surface area contributed by atoms with Crippen molar-refractivity contribution in [1.82, 2.24) is 14.9 Å². The van der Waals surface area contributed by atoms with E-state index in [2.05, 4.69) is 33.9 Å². The molecule has 0 bridgehead atoms. The highest BCUT2D eigenvalue weighted by Gasteiger charge is 2.23. The predicted octanol–water partition coefficient (Wildman–Crippen LogP) is 3.48. The molecule has 4 rings (SSSR count). The van der Waals surface area contributed by atoms with Gasteiger partial charge in [0.15, 0.2) is 0 Å². The summed E-state index contributed by atoms with van der Waals surface area (Å²) in [4.78, 5) is 28.2. The van der Waals surface area contributed by atoms with Crippen molar-refractivity contribution in [3.63, 3.8) is 0 Å². The van der Waals surface area contributed by atoms with Crippen LogP contribution in [-0.4, -0.2) is 47.0 Å². The molecule has 1 saturated heterocycles. The van der Waals surface area contributed by atoms with Crippen LogP contribution in [-0.2, 0) is 0 Å². The van der Waals surface area contributed by atoms with Crippen LogP contribution in [0.1, 0.15) is 15.2 Å². The molecule has 1 amide bonds. The van der Waals surface area contributed by atoms with Gasteiger partial charge in [0.25, 0.3) is 5.91 Å². The average molecular weight is 364 g/mol. The topological polar surface area (TPSA) is 49.3 Å². The van der Waals surface area contributed by atoms with Gasteiger partial charge in [-0.15, -0.1) is 11.3 Å². The number of carbonyl (C=O) groups excluding carboxylic acids is 1. The SMILES string of the molecule is Cc1ccc(-c2cc(C(=O)N3CCN(c4ccccn4)CC3)ccn2)s1. The first-order chi connectivity index (χ1) is 12.7. The molecule has 1 fully saturated rings. The van der Waals surface area contributed by atoms with Crippen molar-refractivity contribution in [3.8, 4) is 10.6 Å². The maximum absolute atomic E-state index is 12.9. The van der Waals surface area contributed by atoms with E-state index in [0.29, 0.717) is 18.7 Å². The molecule has 26 heavy (non-hydrogen) atoms. The third-order valence-corrected chi connectivity index (χ3v) is 5.56. The second-order valence-corrected chi connectivity index (χ2v) is 7.60. The number of hydrogen-bond acceptors (Lipinski definition) is 5. The summed E-state index contributed by atoms with van der Waals surface area (Å²) in [7, 11) is 0. The van der Waals surface area contributed by atoms with Crippen LogP contribution in [0.15, 0.2) is 54.9 Å². The molecule has 3 aromatic rings. The van der Waals surface area contributed by atoms with Crippen LogP contribution >= 0.6 is 11.3 Å². The summed E-state index contributed by atoms with van der Waals surface area (Å²) in [5.74, 6) is 1.04. The van der Waals surface area contributed by atoms with E-state index >= 15 is 0 Å². The number of anilines is 1. The summed E-state index contributed by atoms with van der Waals surface area (Å²) < 4.78 is 0. The molecule has 5 nitrogen and oxygen atoms in total. The van der Waals surface area contributed by atoms with Gasteiger partial charge in [-0.25, -0.2) is 4.98 Å². The van der Waals surface area contributed by atoms with Gasteiger partial charge in [-0.2, -0.15) is 0 Å². The standard InChI is InChI=1S/C20H20N4OS/c1-15-5-6-18(26-15)17-14-16(7-9-21-17)20(25)24-12-10-23(11-13-24)19-4-2-3-8-22-19/h2-9,14H,10-13H2,1H3. The average Bonchev–Trinajstić information content (AvgIpc) is 3.15. The first kappa shape index (κ1) is 16.7. The van der Waals surface area contributed by atoms with Crippen LogP contribution in [0, 0.1) is 6.92 Å². The zero-order chi connectivity index (χ0) is 17.9. The Hall–Kier alpha value is -2.73. The fourth-order valence-corrected chi connectivity index (χ4v) is 3.97. The van der Waals surface area contributed by atoms with Gasteiger partial charge in [0.1, 0.15) is 5.82 Å². The van der Waals surface area contributed by atoms with E-state index in [1.807, 2.05) is 29.2 Å². The lowest BCUT2D eigenvalue weighted by Gasteiger charge is -2.35. The monoisotopic (exact) mass is 364 g/mol. The molecule has 0 aliphatic carbocycles. The summed E-state index contributed by atoms with van der Waals surface area (Å²) in [6.07, 6.45) is 3.53. The van der Waals surface area contributed by atoms with Crippen molar-refractivity contribution in [3.05, 3.63) is 65.3 Å². The van der Waals surface area contributed by atoms with Crippen molar-refractivity contribution in [2.45, 2.75) is 6.92 Å². The molecule has 0 saturated carbocycles. The number of piperazine rings is 1. The molecular weight excluding hydrogens is 344 g/mol. The molecule has 1 aliphatic rings. The molecule has 0 atom stereocenters. The van der Waals surface area contributed by atoms with E-state index in [4.69, 9.17) is 0 Å². The van der Waals surface area contributed by atoms with Gasteiger partial charge in [-0.1, -0.05) is 6.07 Å². The number of aryl methyl sites for hydroxylation is 1. The summed E-state index contributed by atoms with van der Waals surface area (Å²) in [6.45, 7) is 5.07. The summed E-state index contributed by atoms with van der Waals surface area (Å²) in [5, 5.41) is 0. The largest absolute Gasteiger partial charge is 0.353 e. The van der Waals surface area contributed by atoms with Gasteiger partial charge in [0.2, 0.25) is 0 Å².